The summed E-state index contributed by atoms with van der Waals surface area (Å²) in [6.45, 7) is -0.303. The molecule has 140 valence electrons. The molecular weight excluding hydrogens is 374 g/mol. The van der Waals surface area contributed by atoms with Gasteiger partial charge in [-0.05, 0) is 12.1 Å². The molecule has 2 aromatic rings. The van der Waals surface area contributed by atoms with Crippen molar-refractivity contribution in [3.05, 3.63) is 36.2 Å². The van der Waals surface area contributed by atoms with Crippen LogP contribution in [0.1, 0.15) is 5.89 Å². The molecule has 3 rings (SSSR count). The van der Waals surface area contributed by atoms with Crippen LogP contribution in [-0.4, -0.2) is 58.4 Å². The summed E-state index contributed by atoms with van der Waals surface area (Å²) >= 11 is 0.926. The highest BCUT2D eigenvalue weighted by Gasteiger charge is 2.29. The number of ether oxygens (including phenoxy) is 1. The number of nitrogens with one attached hydrogen (secondary N) is 1. The Morgan fingerprint density at radius 3 is 2.89 bits per heavy atom. The van der Waals surface area contributed by atoms with Gasteiger partial charge in [0.15, 0.2) is 12.2 Å². The van der Waals surface area contributed by atoms with E-state index < -0.39 is 18.5 Å². The zero-order valence-corrected chi connectivity index (χ0v) is 14.9. The van der Waals surface area contributed by atoms with E-state index in [2.05, 4.69) is 10.3 Å². The minimum absolute atomic E-state index is 0.0853. The molecule has 1 saturated heterocycles. The fourth-order valence-electron chi connectivity index (χ4n) is 2.24. The standard InChI is InChI=1S/C17H15N3O6S/c21-13(18-7-8-20-15(22)10-27-17(20)24)9-25-16(23)6-5-14-19-11-3-1-2-4-12(11)26-14/h1-6H,7-10H2,(H,18,21)/b6-5+. The van der Waals surface area contributed by atoms with Gasteiger partial charge in [0.2, 0.25) is 11.8 Å². The number of carbonyl (C=O) groups is 4. The first kappa shape index (κ1) is 18.6. The van der Waals surface area contributed by atoms with Gasteiger partial charge in [-0.1, -0.05) is 23.9 Å². The number of benzene rings is 1. The van der Waals surface area contributed by atoms with Crippen molar-refractivity contribution in [3.8, 4) is 0 Å². The van der Waals surface area contributed by atoms with Gasteiger partial charge in [-0.2, -0.15) is 0 Å². The number of hydrogen-bond donors (Lipinski definition) is 1. The molecule has 0 saturated carbocycles. The predicted octanol–water partition coefficient (Wildman–Crippen LogP) is 1.20. The summed E-state index contributed by atoms with van der Waals surface area (Å²) in [7, 11) is 0. The number of para-hydroxylation sites is 2. The molecule has 0 bridgehead atoms. The van der Waals surface area contributed by atoms with Crippen molar-refractivity contribution in [2.24, 2.45) is 0 Å². The summed E-state index contributed by atoms with van der Waals surface area (Å²) in [5.74, 6) is -1.18. The molecule has 0 aliphatic carbocycles. The molecule has 1 fully saturated rings. The number of thioether (sulfide) groups is 1. The fraction of sp³-hybridized carbons (Fsp3) is 0.235. The zero-order valence-electron chi connectivity index (χ0n) is 14.0. The number of nitrogens with zero attached hydrogens (tertiary/aromatic N) is 2. The number of imide groups is 1. The third-order valence-corrected chi connectivity index (χ3v) is 4.37. The van der Waals surface area contributed by atoms with Crippen LogP contribution in [0.3, 0.4) is 0 Å². The van der Waals surface area contributed by atoms with Gasteiger partial charge in [0.25, 0.3) is 11.1 Å². The van der Waals surface area contributed by atoms with E-state index in [-0.39, 0.29) is 35.9 Å². The van der Waals surface area contributed by atoms with Crippen molar-refractivity contribution in [3.63, 3.8) is 0 Å². The summed E-state index contributed by atoms with van der Waals surface area (Å²) in [6.07, 6.45) is 2.46. The van der Waals surface area contributed by atoms with Crippen LogP contribution in [0.25, 0.3) is 17.2 Å². The Morgan fingerprint density at radius 2 is 2.15 bits per heavy atom. The van der Waals surface area contributed by atoms with Gasteiger partial charge >= 0.3 is 5.97 Å². The number of esters is 1. The molecular formula is C17H15N3O6S. The molecule has 1 aromatic heterocycles. The van der Waals surface area contributed by atoms with Crippen LogP contribution in [0.5, 0.6) is 0 Å². The van der Waals surface area contributed by atoms with Gasteiger partial charge in [-0.3, -0.25) is 19.3 Å². The summed E-state index contributed by atoms with van der Waals surface area (Å²) in [5, 5.41) is 2.14. The van der Waals surface area contributed by atoms with Crippen LogP contribution < -0.4 is 5.32 Å². The average Bonchev–Trinajstić information content (AvgIpc) is 3.22. The third-order valence-electron chi connectivity index (χ3n) is 3.52. The molecule has 9 nitrogen and oxygen atoms in total. The molecule has 27 heavy (non-hydrogen) atoms. The average molecular weight is 389 g/mol. The lowest BCUT2D eigenvalue weighted by Crippen LogP contribution is -2.38. The second-order valence-electron chi connectivity index (χ2n) is 5.41. The molecule has 0 unspecified atom stereocenters. The summed E-state index contributed by atoms with van der Waals surface area (Å²) in [4.78, 5) is 51.3. The Morgan fingerprint density at radius 1 is 1.33 bits per heavy atom. The Labute approximate surface area is 157 Å². The zero-order chi connectivity index (χ0) is 19.2. The molecule has 1 N–H and O–H groups in total. The summed E-state index contributed by atoms with van der Waals surface area (Å²) in [5.41, 5.74) is 1.26. The lowest BCUT2D eigenvalue weighted by molar-refractivity contribution is -0.143. The van der Waals surface area contributed by atoms with Crippen LogP contribution in [0.2, 0.25) is 0 Å². The van der Waals surface area contributed by atoms with E-state index in [0.717, 1.165) is 22.7 Å². The van der Waals surface area contributed by atoms with Gasteiger partial charge in [0, 0.05) is 25.2 Å². The number of rotatable bonds is 7. The molecule has 10 heteroatoms. The van der Waals surface area contributed by atoms with Crippen molar-refractivity contribution in [2.45, 2.75) is 0 Å². The van der Waals surface area contributed by atoms with Crippen molar-refractivity contribution in [2.75, 3.05) is 25.4 Å². The van der Waals surface area contributed by atoms with E-state index in [1.807, 2.05) is 12.1 Å². The van der Waals surface area contributed by atoms with Gasteiger partial charge in [-0.15, -0.1) is 0 Å². The second-order valence-corrected chi connectivity index (χ2v) is 6.34. The van der Waals surface area contributed by atoms with E-state index in [1.165, 1.54) is 6.08 Å². The highest BCUT2D eigenvalue weighted by atomic mass is 32.2. The van der Waals surface area contributed by atoms with Crippen LogP contribution in [0.4, 0.5) is 4.79 Å². The molecule has 2 heterocycles. The predicted molar refractivity (Wildman–Crippen MR) is 96.6 cm³/mol. The van der Waals surface area contributed by atoms with Crippen molar-refractivity contribution in [1.29, 1.82) is 0 Å². The minimum atomic E-state index is -0.728. The van der Waals surface area contributed by atoms with E-state index in [4.69, 9.17) is 9.15 Å². The summed E-state index contributed by atoms with van der Waals surface area (Å²) < 4.78 is 10.2. The fourth-order valence-corrected chi connectivity index (χ4v) is 2.99. The Bertz CT molecular complexity index is 873. The maximum absolute atomic E-state index is 11.6. The largest absolute Gasteiger partial charge is 0.452 e. The van der Waals surface area contributed by atoms with E-state index in [1.54, 1.807) is 12.1 Å². The van der Waals surface area contributed by atoms with Gasteiger partial charge < -0.3 is 14.5 Å². The SMILES string of the molecule is O=C(COC(=O)/C=C/c1nc2ccccc2o1)NCCN1C(=O)CSC1=O. The van der Waals surface area contributed by atoms with Crippen molar-refractivity contribution >= 4 is 52.0 Å². The number of amides is 3. The topological polar surface area (TPSA) is 119 Å². The Balaban J connectivity index is 1.38. The lowest BCUT2D eigenvalue weighted by atomic mass is 10.3. The quantitative estimate of drug-likeness (QED) is 0.554. The number of hydrogen-bond acceptors (Lipinski definition) is 8. The Hall–Kier alpha value is -3.14. The number of carbonyl (C=O) groups excluding carboxylic acids is 4. The van der Waals surface area contributed by atoms with E-state index >= 15 is 0 Å². The number of fused-ring (bicyclic) bond motifs is 1. The summed E-state index contributed by atoms with van der Waals surface area (Å²) in [6, 6.07) is 7.16. The first-order valence-electron chi connectivity index (χ1n) is 7.97. The van der Waals surface area contributed by atoms with Gasteiger partial charge in [0.05, 0.1) is 5.75 Å². The van der Waals surface area contributed by atoms with Crippen LogP contribution in [-0.2, 0) is 19.1 Å². The van der Waals surface area contributed by atoms with Gasteiger partial charge in [0.1, 0.15) is 5.52 Å². The monoisotopic (exact) mass is 389 g/mol. The highest BCUT2D eigenvalue weighted by Crippen LogP contribution is 2.17. The molecule has 3 amide bonds. The normalized spacial score (nSPS) is 14.3. The second kappa shape index (κ2) is 8.49. The van der Waals surface area contributed by atoms with Crippen LogP contribution in [0, 0.1) is 0 Å². The first-order valence-corrected chi connectivity index (χ1v) is 8.96. The molecule has 1 aliphatic rings. The van der Waals surface area contributed by atoms with Crippen LogP contribution >= 0.6 is 11.8 Å². The van der Waals surface area contributed by atoms with Crippen molar-refractivity contribution in [1.82, 2.24) is 15.2 Å². The number of oxazole rings is 1. The smallest absolute Gasteiger partial charge is 0.331 e. The Kier molecular flexibility index (Phi) is 5.87. The van der Waals surface area contributed by atoms with Crippen LogP contribution in [0.15, 0.2) is 34.8 Å². The maximum Gasteiger partial charge on any atom is 0.331 e. The maximum atomic E-state index is 11.6. The molecule has 0 radical (unpaired) electrons. The van der Waals surface area contributed by atoms with Gasteiger partial charge in [-0.25, -0.2) is 9.78 Å². The van der Waals surface area contributed by atoms with E-state index in [0.29, 0.717) is 11.1 Å². The minimum Gasteiger partial charge on any atom is -0.452 e. The van der Waals surface area contributed by atoms with E-state index in [9.17, 15) is 19.2 Å². The molecule has 1 aliphatic heterocycles. The molecule has 0 atom stereocenters. The highest BCUT2D eigenvalue weighted by molar-refractivity contribution is 8.14. The molecule has 1 aromatic carbocycles. The number of aromatic nitrogens is 1. The molecule has 0 spiro atoms. The third kappa shape index (κ3) is 4.94. The first-order chi connectivity index (χ1) is 13.0. The lowest BCUT2D eigenvalue weighted by Gasteiger charge is -2.12. The van der Waals surface area contributed by atoms with Crippen molar-refractivity contribution < 1.29 is 28.3 Å².